The van der Waals surface area contributed by atoms with E-state index in [0.717, 1.165) is 27.8 Å². The highest BCUT2D eigenvalue weighted by Gasteiger charge is 2.21. The van der Waals surface area contributed by atoms with E-state index in [1.54, 1.807) is 43.1 Å². The maximum Gasteiger partial charge on any atom is 0.225 e. The number of carbonyl (C=O) groups excluding carboxylic acids is 1. The number of methoxy groups -OCH3 is 1. The molecule has 1 aliphatic carbocycles. The van der Waals surface area contributed by atoms with E-state index < -0.39 is 0 Å². The summed E-state index contributed by atoms with van der Waals surface area (Å²) in [5, 5.41) is 13.7. The van der Waals surface area contributed by atoms with E-state index in [2.05, 4.69) is 26.1 Å². The Morgan fingerprint density at radius 1 is 1.06 bits per heavy atom. The lowest BCUT2D eigenvalue weighted by molar-refractivity contribution is -0.115. The predicted molar refractivity (Wildman–Crippen MR) is 138 cm³/mol. The number of amides is 1. The monoisotopic (exact) mass is 477 g/mol. The van der Waals surface area contributed by atoms with Crippen LogP contribution in [0.5, 0.6) is 11.5 Å². The fourth-order valence-electron chi connectivity index (χ4n) is 3.80. The Morgan fingerprint density at radius 3 is 2.56 bits per heavy atom. The van der Waals surface area contributed by atoms with Gasteiger partial charge in [0.15, 0.2) is 5.43 Å². The van der Waals surface area contributed by atoms with Crippen LogP contribution in [0.3, 0.4) is 0 Å². The second kappa shape index (κ2) is 9.43. The van der Waals surface area contributed by atoms with Gasteiger partial charge in [-0.3, -0.25) is 9.59 Å². The molecule has 176 valence electrons. The molecule has 0 unspecified atom stereocenters. The van der Waals surface area contributed by atoms with E-state index in [4.69, 9.17) is 9.15 Å². The van der Waals surface area contributed by atoms with Gasteiger partial charge in [0, 0.05) is 62.9 Å². The molecular formula is C27H27NO5S. The molecule has 0 aromatic heterocycles. The first kappa shape index (κ1) is 23.7. The molecule has 0 spiro atoms. The molecule has 2 aliphatic rings. The molecule has 0 fully saturated rings. The zero-order valence-electron chi connectivity index (χ0n) is 19.6. The first-order valence-corrected chi connectivity index (χ1v) is 11.9. The van der Waals surface area contributed by atoms with Crippen LogP contribution in [-0.4, -0.2) is 28.6 Å². The molecule has 1 aliphatic heterocycles. The van der Waals surface area contributed by atoms with Gasteiger partial charge in [-0.2, -0.15) is 11.8 Å². The molecule has 0 saturated heterocycles. The van der Waals surface area contributed by atoms with Gasteiger partial charge in [-0.25, -0.2) is 0 Å². The molecule has 2 N–H and O–H groups in total. The highest BCUT2D eigenvalue weighted by molar-refractivity contribution is 8.00. The average molecular weight is 478 g/mol. The van der Waals surface area contributed by atoms with Gasteiger partial charge >= 0.3 is 0 Å². The van der Waals surface area contributed by atoms with Gasteiger partial charge in [0.25, 0.3) is 0 Å². The highest BCUT2D eigenvalue weighted by atomic mass is 32.2. The summed E-state index contributed by atoms with van der Waals surface area (Å²) >= 11 is 1.75. The second-order valence-electron chi connectivity index (χ2n) is 8.99. The Kier molecular flexibility index (Phi) is 6.57. The Labute approximate surface area is 202 Å². The standard InChI is InChI=1S/C27H27NO5S/c1-27(2,3)34-12-11-25(31)28-16-5-8-19(22(13-16)32-4)26-20-9-6-17(29)14-23(20)33-24-15-18(30)7-10-21(24)26/h5-10,13-15,29H,11-12H2,1-4H3,(H,28,31). The number of fused-ring (bicyclic) bond motifs is 2. The molecule has 7 heteroatoms. The first-order valence-electron chi connectivity index (χ1n) is 11.0. The van der Waals surface area contributed by atoms with Crippen LogP contribution in [0.2, 0.25) is 0 Å². The fourth-order valence-corrected chi connectivity index (χ4v) is 4.70. The summed E-state index contributed by atoms with van der Waals surface area (Å²) in [5.41, 5.74) is 3.25. The third-order valence-electron chi connectivity index (χ3n) is 5.30. The van der Waals surface area contributed by atoms with Crippen molar-refractivity contribution in [3.8, 4) is 33.9 Å². The molecule has 0 saturated carbocycles. The van der Waals surface area contributed by atoms with Gasteiger partial charge in [-0.1, -0.05) is 20.8 Å². The molecule has 6 nitrogen and oxygen atoms in total. The minimum atomic E-state index is -0.170. The lowest BCUT2D eigenvalue weighted by Crippen LogP contribution is -2.15. The summed E-state index contributed by atoms with van der Waals surface area (Å²) in [5.74, 6) is 1.73. The topological polar surface area (TPSA) is 88.8 Å². The van der Waals surface area contributed by atoms with Crippen molar-refractivity contribution in [1.82, 2.24) is 0 Å². The number of anilines is 1. The Morgan fingerprint density at radius 2 is 1.82 bits per heavy atom. The number of thioether (sulfide) groups is 1. The molecule has 1 amide bonds. The van der Waals surface area contributed by atoms with Crippen LogP contribution in [0.15, 0.2) is 63.8 Å². The number of hydrogen-bond donors (Lipinski definition) is 2. The van der Waals surface area contributed by atoms with Gasteiger partial charge in [-0.15, -0.1) is 0 Å². The van der Waals surface area contributed by atoms with E-state index in [-0.39, 0.29) is 21.8 Å². The number of benzene rings is 3. The van der Waals surface area contributed by atoms with E-state index in [9.17, 15) is 14.7 Å². The minimum Gasteiger partial charge on any atom is -0.508 e. The van der Waals surface area contributed by atoms with Crippen molar-refractivity contribution < 1.29 is 19.1 Å². The van der Waals surface area contributed by atoms with Gasteiger partial charge < -0.3 is 19.6 Å². The van der Waals surface area contributed by atoms with Crippen molar-refractivity contribution in [3.63, 3.8) is 0 Å². The zero-order valence-corrected chi connectivity index (χ0v) is 20.4. The van der Waals surface area contributed by atoms with Gasteiger partial charge in [0.05, 0.1) is 7.11 Å². The Hall–Kier alpha value is -3.45. The van der Waals surface area contributed by atoms with Crippen LogP contribution in [0, 0.1) is 0 Å². The summed E-state index contributed by atoms with van der Waals surface area (Å²) < 4.78 is 11.7. The second-order valence-corrected chi connectivity index (χ2v) is 10.9. The molecule has 4 rings (SSSR count). The van der Waals surface area contributed by atoms with Crippen LogP contribution < -0.4 is 15.5 Å². The smallest absolute Gasteiger partial charge is 0.225 e. The summed E-state index contributed by atoms with van der Waals surface area (Å²) in [6.07, 6.45) is 0.419. The molecule has 0 radical (unpaired) electrons. The third kappa shape index (κ3) is 5.20. The minimum absolute atomic E-state index is 0.0561. The molecule has 2 aromatic rings. The quantitative estimate of drug-likeness (QED) is 0.324. The number of nitrogens with one attached hydrogen (secondary N) is 1. The molecule has 2 aromatic carbocycles. The van der Waals surface area contributed by atoms with Crippen LogP contribution in [0.1, 0.15) is 27.2 Å². The largest absolute Gasteiger partial charge is 0.508 e. The van der Waals surface area contributed by atoms with Gasteiger partial charge in [0.1, 0.15) is 22.8 Å². The van der Waals surface area contributed by atoms with Crippen molar-refractivity contribution in [3.05, 3.63) is 64.8 Å². The first-order chi connectivity index (χ1) is 16.1. The number of rotatable bonds is 6. The molecule has 34 heavy (non-hydrogen) atoms. The SMILES string of the molecule is COc1cc(NC(=O)CCSC(C)(C)C)ccc1-c1c2ccc(=O)cc-2oc2cc(O)ccc12. The van der Waals surface area contributed by atoms with E-state index >= 15 is 0 Å². The lowest BCUT2D eigenvalue weighted by atomic mass is 9.93. The number of aromatic hydroxyl groups is 1. The summed E-state index contributed by atoms with van der Waals surface area (Å²) in [4.78, 5) is 24.4. The highest BCUT2D eigenvalue weighted by Crippen LogP contribution is 2.44. The Bertz CT molecular complexity index is 1390. The molecule has 0 bridgehead atoms. The molecule has 1 heterocycles. The van der Waals surface area contributed by atoms with Crippen molar-refractivity contribution in [2.45, 2.75) is 31.9 Å². The van der Waals surface area contributed by atoms with Crippen LogP contribution in [-0.2, 0) is 4.79 Å². The fraction of sp³-hybridized carbons (Fsp3) is 0.259. The number of phenolic OH excluding ortho intramolecular Hbond substituents is 1. The zero-order chi connectivity index (χ0) is 24.5. The summed E-state index contributed by atoms with van der Waals surface area (Å²) in [7, 11) is 1.57. The molecule has 0 atom stereocenters. The van der Waals surface area contributed by atoms with Crippen molar-refractivity contribution in [2.24, 2.45) is 0 Å². The summed E-state index contributed by atoms with van der Waals surface area (Å²) in [6.45, 7) is 6.38. The lowest BCUT2D eigenvalue weighted by Gasteiger charge is -2.18. The van der Waals surface area contributed by atoms with Crippen molar-refractivity contribution >= 4 is 34.3 Å². The predicted octanol–water partition coefficient (Wildman–Crippen LogP) is 6.14. The van der Waals surface area contributed by atoms with Crippen molar-refractivity contribution in [1.29, 1.82) is 0 Å². The number of carbonyl (C=O) groups is 1. The van der Waals surface area contributed by atoms with Crippen LogP contribution in [0.25, 0.3) is 33.4 Å². The molecular weight excluding hydrogens is 450 g/mol. The van der Waals surface area contributed by atoms with Crippen LogP contribution in [0.4, 0.5) is 5.69 Å². The van der Waals surface area contributed by atoms with E-state index in [1.807, 2.05) is 12.1 Å². The third-order valence-corrected chi connectivity index (χ3v) is 6.57. The van der Waals surface area contributed by atoms with E-state index in [0.29, 0.717) is 29.2 Å². The summed E-state index contributed by atoms with van der Waals surface area (Å²) in [6, 6.07) is 15.0. The average Bonchev–Trinajstić information content (AvgIpc) is 2.76. The number of phenols is 1. The number of hydrogen-bond acceptors (Lipinski definition) is 6. The number of ether oxygens (including phenoxy) is 1. The van der Waals surface area contributed by atoms with Crippen molar-refractivity contribution in [2.75, 3.05) is 18.2 Å². The maximum absolute atomic E-state index is 12.4. The Balaban J connectivity index is 1.74. The normalized spacial score (nSPS) is 11.6. The van der Waals surface area contributed by atoms with Gasteiger partial charge in [0.2, 0.25) is 5.91 Å². The maximum atomic E-state index is 12.4. The van der Waals surface area contributed by atoms with Gasteiger partial charge in [-0.05, 0) is 36.4 Å². The van der Waals surface area contributed by atoms with E-state index in [1.165, 1.54) is 18.2 Å². The van der Waals surface area contributed by atoms with Crippen LogP contribution >= 0.6 is 11.8 Å².